The van der Waals surface area contributed by atoms with Crippen molar-refractivity contribution < 1.29 is 0 Å². The maximum atomic E-state index is 2.43. The van der Waals surface area contributed by atoms with Gasteiger partial charge in [-0.05, 0) is 31.6 Å². The molecule has 0 aromatic carbocycles. The molecule has 1 aliphatic carbocycles. The summed E-state index contributed by atoms with van der Waals surface area (Å²) in [5, 5.41) is 0. The second-order valence-corrected chi connectivity index (χ2v) is 4.17. The number of rotatable bonds is 6. The first-order valence-corrected chi connectivity index (χ1v) is 5.47. The van der Waals surface area contributed by atoms with Crippen molar-refractivity contribution in [2.75, 3.05) is 0 Å². The van der Waals surface area contributed by atoms with E-state index < -0.39 is 0 Å². The first-order valence-electron chi connectivity index (χ1n) is 5.47. The second kappa shape index (κ2) is 4.69. The fourth-order valence-corrected chi connectivity index (χ4v) is 1.92. The summed E-state index contributed by atoms with van der Waals surface area (Å²) in [7, 11) is 0. The summed E-state index contributed by atoms with van der Waals surface area (Å²) in [5.74, 6) is 0. The van der Waals surface area contributed by atoms with Gasteiger partial charge in [-0.25, -0.2) is 0 Å². The quantitative estimate of drug-likeness (QED) is 0.407. The Morgan fingerprint density at radius 3 is 2.42 bits per heavy atom. The summed E-state index contributed by atoms with van der Waals surface area (Å²) in [6.07, 6.45) is 14.7. The maximum Gasteiger partial charge on any atom is -0.0118 e. The van der Waals surface area contributed by atoms with Crippen LogP contribution in [0.2, 0.25) is 0 Å². The van der Waals surface area contributed by atoms with Crippen LogP contribution in [0.3, 0.4) is 0 Å². The Kier molecular flexibility index (Phi) is 3.84. The van der Waals surface area contributed by atoms with Crippen molar-refractivity contribution in [1.29, 1.82) is 0 Å². The lowest BCUT2D eigenvalue weighted by molar-refractivity contribution is 0.519. The smallest absolute Gasteiger partial charge is 0.0118 e. The molecule has 1 aliphatic rings. The third-order valence-electron chi connectivity index (χ3n) is 2.94. The van der Waals surface area contributed by atoms with Crippen LogP contribution in [0.4, 0.5) is 0 Å². The first-order chi connectivity index (χ1) is 5.83. The van der Waals surface area contributed by atoms with Gasteiger partial charge in [-0.3, -0.25) is 0 Å². The molecule has 0 N–H and O–H groups in total. The molecule has 0 bridgehead atoms. The zero-order chi connectivity index (χ0) is 8.86. The van der Waals surface area contributed by atoms with Gasteiger partial charge < -0.3 is 0 Å². The Morgan fingerprint density at radius 2 is 1.92 bits per heavy atom. The third kappa shape index (κ3) is 3.00. The molecule has 70 valence electrons. The van der Waals surface area contributed by atoms with Crippen molar-refractivity contribution in [2.24, 2.45) is 5.41 Å². The van der Waals surface area contributed by atoms with E-state index in [2.05, 4.69) is 26.0 Å². The molecule has 0 radical (unpaired) electrons. The van der Waals surface area contributed by atoms with Gasteiger partial charge in [0.2, 0.25) is 0 Å². The lowest BCUT2D eigenvalue weighted by Crippen LogP contribution is -1.94. The maximum absolute atomic E-state index is 2.43. The molecule has 0 aromatic rings. The lowest BCUT2D eigenvalue weighted by atomic mass is 9.97. The fourth-order valence-electron chi connectivity index (χ4n) is 1.92. The molecule has 0 saturated heterocycles. The van der Waals surface area contributed by atoms with Crippen molar-refractivity contribution in [3.05, 3.63) is 12.2 Å². The topological polar surface area (TPSA) is 0 Å². The van der Waals surface area contributed by atoms with Gasteiger partial charge in [0.15, 0.2) is 0 Å². The van der Waals surface area contributed by atoms with E-state index in [0.717, 1.165) is 0 Å². The molecular formula is C12H22. The van der Waals surface area contributed by atoms with Crippen molar-refractivity contribution in [1.82, 2.24) is 0 Å². The highest BCUT2D eigenvalue weighted by molar-refractivity contribution is 5.08. The molecule has 0 heteroatoms. The fraction of sp³-hybridized carbons (Fsp3) is 0.833. The van der Waals surface area contributed by atoms with Crippen LogP contribution in [0.15, 0.2) is 12.2 Å². The van der Waals surface area contributed by atoms with Crippen molar-refractivity contribution in [3.63, 3.8) is 0 Å². The molecule has 1 fully saturated rings. The van der Waals surface area contributed by atoms with Gasteiger partial charge in [-0.1, -0.05) is 44.8 Å². The van der Waals surface area contributed by atoms with Crippen LogP contribution in [0, 0.1) is 5.41 Å². The Labute approximate surface area is 77.1 Å². The monoisotopic (exact) mass is 166 g/mol. The summed E-state index contributed by atoms with van der Waals surface area (Å²) in [6, 6.07) is 0. The first kappa shape index (κ1) is 9.83. The summed E-state index contributed by atoms with van der Waals surface area (Å²) < 4.78 is 0. The molecule has 0 aromatic heterocycles. The van der Waals surface area contributed by atoms with Crippen LogP contribution in [-0.2, 0) is 0 Å². The third-order valence-corrected chi connectivity index (χ3v) is 2.94. The van der Waals surface area contributed by atoms with Crippen molar-refractivity contribution in [3.8, 4) is 0 Å². The van der Waals surface area contributed by atoms with Crippen molar-refractivity contribution >= 4 is 0 Å². The van der Waals surface area contributed by atoms with Crippen molar-refractivity contribution in [2.45, 2.75) is 58.8 Å². The molecular weight excluding hydrogens is 144 g/mol. The number of allylic oxidation sites excluding steroid dienone is 2. The van der Waals surface area contributed by atoms with E-state index in [9.17, 15) is 0 Å². The average molecular weight is 166 g/mol. The van der Waals surface area contributed by atoms with Gasteiger partial charge in [-0.15, -0.1) is 0 Å². The minimum Gasteiger partial charge on any atom is -0.0911 e. The SMILES string of the molecule is CC=CC1(CCCCCC)CC1. The summed E-state index contributed by atoms with van der Waals surface area (Å²) >= 11 is 0. The number of hydrogen-bond donors (Lipinski definition) is 0. The van der Waals surface area contributed by atoms with Gasteiger partial charge in [0, 0.05) is 0 Å². The predicted octanol–water partition coefficient (Wildman–Crippen LogP) is 4.31. The summed E-state index contributed by atoms with van der Waals surface area (Å²) in [4.78, 5) is 0. The lowest BCUT2D eigenvalue weighted by Gasteiger charge is -2.08. The Morgan fingerprint density at radius 1 is 1.17 bits per heavy atom. The van der Waals surface area contributed by atoms with Crippen LogP contribution in [0.5, 0.6) is 0 Å². The average Bonchev–Trinajstić information content (AvgIpc) is 2.81. The Balaban J connectivity index is 2.06. The number of unbranched alkanes of at least 4 members (excludes halogenated alkanes) is 3. The summed E-state index contributed by atoms with van der Waals surface area (Å²) in [5.41, 5.74) is 0.669. The van der Waals surface area contributed by atoms with E-state index in [4.69, 9.17) is 0 Å². The van der Waals surface area contributed by atoms with E-state index in [1.54, 1.807) is 0 Å². The molecule has 0 atom stereocenters. The molecule has 0 amide bonds. The molecule has 0 heterocycles. The highest BCUT2D eigenvalue weighted by Crippen LogP contribution is 2.51. The molecule has 1 rings (SSSR count). The second-order valence-electron chi connectivity index (χ2n) is 4.17. The van der Waals surface area contributed by atoms with Gasteiger partial charge in [-0.2, -0.15) is 0 Å². The Hall–Kier alpha value is -0.260. The number of hydrogen-bond acceptors (Lipinski definition) is 0. The van der Waals surface area contributed by atoms with E-state index >= 15 is 0 Å². The molecule has 0 nitrogen and oxygen atoms in total. The van der Waals surface area contributed by atoms with E-state index in [-0.39, 0.29) is 0 Å². The minimum atomic E-state index is 0.669. The Bertz CT molecular complexity index is 140. The highest BCUT2D eigenvalue weighted by atomic mass is 14.4. The highest BCUT2D eigenvalue weighted by Gasteiger charge is 2.38. The van der Waals surface area contributed by atoms with Gasteiger partial charge in [0.25, 0.3) is 0 Å². The van der Waals surface area contributed by atoms with Gasteiger partial charge in [0.05, 0.1) is 0 Å². The minimum absolute atomic E-state index is 0.669. The molecule has 1 saturated carbocycles. The van der Waals surface area contributed by atoms with E-state index in [1.807, 2.05) is 0 Å². The van der Waals surface area contributed by atoms with Gasteiger partial charge in [0.1, 0.15) is 0 Å². The summed E-state index contributed by atoms with van der Waals surface area (Å²) in [6.45, 7) is 4.42. The van der Waals surface area contributed by atoms with Crippen LogP contribution in [0.1, 0.15) is 58.8 Å². The van der Waals surface area contributed by atoms with E-state index in [1.165, 1.54) is 44.9 Å². The van der Waals surface area contributed by atoms with E-state index in [0.29, 0.717) is 5.41 Å². The molecule has 0 unspecified atom stereocenters. The zero-order valence-corrected chi connectivity index (χ0v) is 8.60. The molecule has 0 aliphatic heterocycles. The molecule has 12 heavy (non-hydrogen) atoms. The predicted molar refractivity (Wildman–Crippen MR) is 55.2 cm³/mol. The van der Waals surface area contributed by atoms with Crippen LogP contribution >= 0.6 is 0 Å². The zero-order valence-electron chi connectivity index (χ0n) is 8.60. The van der Waals surface area contributed by atoms with Crippen LogP contribution in [0.25, 0.3) is 0 Å². The van der Waals surface area contributed by atoms with Gasteiger partial charge >= 0.3 is 0 Å². The largest absolute Gasteiger partial charge is 0.0911 e. The van der Waals surface area contributed by atoms with Crippen LogP contribution in [-0.4, -0.2) is 0 Å². The standard InChI is InChI=1S/C12H22/c1-3-5-6-7-9-12(8-4-2)10-11-12/h4,8H,3,5-7,9-11H2,1-2H3. The molecule has 0 spiro atoms. The normalized spacial score (nSPS) is 20.2. The van der Waals surface area contributed by atoms with Crippen LogP contribution < -0.4 is 0 Å².